The molecule has 1 aromatic heterocycles. The van der Waals surface area contributed by atoms with Crippen molar-refractivity contribution >= 4 is 17.4 Å². The Morgan fingerprint density at radius 1 is 0.958 bits per heavy atom. The molecule has 0 saturated heterocycles. The van der Waals surface area contributed by atoms with Crippen LogP contribution in [0.5, 0.6) is 17.5 Å². The molecule has 0 atom stereocenters. The molecule has 1 aromatic carbocycles. The van der Waals surface area contributed by atoms with Gasteiger partial charge >= 0.3 is 12.0 Å². The summed E-state index contributed by atoms with van der Waals surface area (Å²) in [6.07, 6.45) is 0. The van der Waals surface area contributed by atoms with Crippen molar-refractivity contribution in [3.63, 3.8) is 0 Å². The molecule has 2 rings (SSSR count). The second kappa shape index (κ2) is 7.49. The molecule has 0 radical (unpaired) electrons. The molecule has 24 heavy (non-hydrogen) atoms. The van der Waals surface area contributed by atoms with E-state index in [1.54, 1.807) is 32.0 Å². The fourth-order valence-corrected chi connectivity index (χ4v) is 2.21. The van der Waals surface area contributed by atoms with Gasteiger partial charge in [-0.15, -0.1) is 0 Å². The molecule has 8 nitrogen and oxygen atoms in total. The number of nitrogens with zero attached hydrogens (tertiary/aromatic N) is 2. The van der Waals surface area contributed by atoms with Gasteiger partial charge in [-0.2, -0.15) is 9.97 Å². The summed E-state index contributed by atoms with van der Waals surface area (Å²) in [5.74, 6) is 0.963. The molecule has 0 bridgehead atoms. The van der Waals surface area contributed by atoms with E-state index in [4.69, 9.17) is 14.2 Å². The Kier molecular flexibility index (Phi) is 5.41. The predicted molar refractivity (Wildman–Crippen MR) is 90.2 cm³/mol. The van der Waals surface area contributed by atoms with Gasteiger partial charge in [-0.3, -0.25) is 0 Å². The van der Waals surface area contributed by atoms with Crippen molar-refractivity contribution in [2.75, 3.05) is 32.0 Å². The Morgan fingerprint density at radius 3 is 2.17 bits per heavy atom. The van der Waals surface area contributed by atoms with Crippen molar-refractivity contribution in [1.82, 2.24) is 9.97 Å². The van der Waals surface area contributed by atoms with Gasteiger partial charge in [0.25, 0.3) is 0 Å². The lowest BCUT2D eigenvalue weighted by atomic mass is 10.2. The van der Waals surface area contributed by atoms with E-state index in [9.17, 15) is 4.79 Å². The van der Waals surface area contributed by atoms with E-state index in [1.165, 1.54) is 21.3 Å². The number of nitrogens with one attached hydrogen (secondary N) is 2. The number of anilines is 2. The molecule has 2 N–H and O–H groups in total. The fourth-order valence-electron chi connectivity index (χ4n) is 2.21. The number of carbonyl (C=O) groups is 1. The summed E-state index contributed by atoms with van der Waals surface area (Å²) >= 11 is 0. The van der Waals surface area contributed by atoms with E-state index in [-0.39, 0.29) is 6.01 Å². The standard InChI is InChI=1S/C16H20N4O4/c1-9-13(10(2)18-16(17-9)24-5)20-15(21)19-11-7-6-8-12(22-3)14(11)23-4/h6-8H,1-5H3,(H2,19,20,21). The van der Waals surface area contributed by atoms with Crippen LogP contribution in [0.3, 0.4) is 0 Å². The average molecular weight is 332 g/mol. The second-order valence-corrected chi connectivity index (χ2v) is 4.88. The van der Waals surface area contributed by atoms with Crippen LogP contribution >= 0.6 is 0 Å². The quantitative estimate of drug-likeness (QED) is 0.874. The molecule has 0 spiro atoms. The van der Waals surface area contributed by atoms with Crippen molar-refractivity contribution in [3.05, 3.63) is 29.6 Å². The number of hydrogen-bond donors (Lipinski definition) is 2. The minimum atomic E-state index is -0.443. The summed E-state index contributed by atoms with van der Waals surface area (Å²) in [5.41, 5.74) is 2.22. The van der Waals surface area contributed by atoms with E-state index in [0.29, 0.717) is 34.3 Å². The first-order valence-corrected chi connectivity index (χ1v) is 7.18. The number of amides is 2. The number of methoxy groups -OCH3 is 3. The molecule has 0 aliphatic heterocycles. The van der Waals surface area contributed by atoms with Crippen LogP contribution in [0.1, 0.15) is 11.4 Å². The summed E-state index contributed by atoms with van der Waals surface area (Å²) < 4.78 is 15.5. The number of ether oxygens (including phenoxy) is 3. The highest BCUT2D eigenvalue weighted by Crippen LogP contribution is 2.34. The maximum Gasteiger partial charge on any atom is 0.323 e. The van der Waals surface area contributed by atoms with Gasteiger partial charge in [-0.25, -0.2) is 4.79 Å². The van der Waals surface area contributed by atoms with Crippen LogP contribution in [-0.2, 0) is 0 Å². The molecule has 0 unspecified atom stereocenters. The monoisotopic (exact) mass is 332 g/mol. The molecule has 1 heterocycles. The van der Waals surface area contributed by atoms with Gasteiger partial charge in [0.2, 0.25) is 0 Å². The Labute approximate surface area is 140 Å². The minimum Gasteiger partial charge on any atom is -0.493 e. The summed E-state index contributed by atoms with van der Waals surface area (Å²) in [5, 5.41) is 5.47. The zero-order valence-electron chi connectivity index (χ0n) is 14.3. The summed E-state index contributed by atoms with van der Waals surface area (Å²) in [7, 11) is 4.53. The van der Waals surface area contributed by atoms with Gasteiger partial charge in [0.15, 0.2) is 11.5 Å². The normalized spacial score (nSPS) is 10.0. The summed E-state index contributed by atoms with van der Waals surface area (Å²) in [4.78, 5) is 20.6. The van der Waals surface area contributed by atoms with E-state index >= 15 is 0 Å². The number of para-hydroxylation sites is 1. The van der Waals surface area contributed by atoms with Crippen LogP contribution in [0.2, 0.25) is 0 Å². The predicted octanol–water partition coefficient (Wildman–Crippen LogP) is 2.76. The van der Waals surface area contributed by atoms with Crippen LogP contribution in [0.4, 0.5) is 16.2 Å². The first-order chi connectivity index (χ1) is 11.5. The SMILES string of the molecule is COc1nc(C)c(NC(=O)Nc2cccc(OC)c2OC)c(C)n1. The van der Waals surface area contributed by atoms with Gasteiger partial charge in [-0.1, -0.05) is 6.07 Å². The summed E-state index contributed by atoms with van der Waals surface area (Å²) in [6.45, 7) is 3.53. The van der Waals surface area contributed by atoms with E-state index in [0.717, 1.165) is 0 Å². The third-order valence-corrected chi connectivity index (χ3v) is 3.32. The molecule has 8 heteroatoms. The minimum absolute atomic E-state index is 0.255. The van der Waals surface area contributed by atoms with Crippen LogP contribution in [0.15, 0.2) is 18.2 Å². The maximum atomic E-state index is 12.3. The Morgan fingerprint density at radius 2 is 1.62 bits per heavy atom. The van der Waals surface area contributed by atoms with E-state index < -0.39 is 6.03 Å². The number of carbonyl (C=O) groups excluding carboxylic acids is 1. The molecule has 0 aliphatic rings. The van der Waals surface area contributed by atoms with E-state index in [2.05, 4.69) is 20.6 Å². The van der Waals surface area contributed by atoms with Gasteiger partial charge in [-0.05, 0) is 26.0 Å². The molecule has 0 saturated carbocycles. The topological polar surface area (TPSA) is 94.6 Å². The Bertz CT molecular complexity index is 726. The average Bonchev–Trinajstić information content (AvgIpc) is 2.57. The molecule has 128 valence electrons. The number of aryl methyl sites for hydroxylation is 2. The highest BCUT2D eigenvalue weighted by Gasteiger charge is 2.15. The number of hydrogen-bond acceptors (Lipinski definition) is 6. The summed E-state index contributed by atoms with van der Waals surface area (Å²) in [6, 6.07) is 5.02. The third-order valence-electron chi connectivity index (χ3n) is 3.32. The van der Waals surface area contributed by atoms with Crippen molar-refractivity contribution in [1.29, 1.82) is 0 Å². The van der Waals surface area contributed by atoms with Crippen molar-refractivity contribution < 1.29 is 19.0 Å². The lowest BCUT2D eigenvalue weighted by Crippen LogP contribution is -2.21. The number of rotatable bonds is 5. The lowest BCUT2D eigenvalue weighted by molar-refractivity contribution is 0.262. The van der Waals surface area contributed by atoms with Gasteiger partial charge in [0.05, 0.1) is 44.1 Å². The molecule has 2 aromatic rings. The van der Waals surface area contributed by atoms with Crippen molar-refractivity contribution in [2.24, 2.45) is 0 Å². The van der Waals surface area contributed by atoms with Gasteiger partial charge in [0.1, 0.15) is 0 Å². The first-order valence-electron chi connectivity index (χ1n) is 7.18. The fraction of sp³-hybridized carbons (Fsp3) is 0.312. The van der Waals surface area contributed by atoms with E-state index in [1.807, 2.05) is 0 Å². The van der Waals surface area contributed by atoms with Gasteiger partial charge < -0.3 is 24.8 Å². The molecule has 0 aliphatic carbocycles. The Hall–Kier alpha value is -3.03. The van der Waals surface area contributed by atoms with Crippen LogP contribution in [-0.4, -0.2) is 37.3 Å². The highest BCUT2D eigenvalue weighted by atomic mass is 16.5. The zero-order chi connectivity index (χ0) is 17.7. The lowest BCUT2D eigenvalue weighted by Gasteiger charge is -2.15. The van der Waals surface area contributed by atoms with Crippen LogP contribution in [0, 0.1) is 13.8 Å². The molecular weight excluding hydrogens is 312 g/mol. The zero-order valence-corrected chi connectivity index (χ0v) is 14.3. The molecule has 2 amide bonds. The molecular formula is C16H20N4O4. The first kappa shape index (κ1) is 17.3. The Balaban J connectivity index is 2.21. The van der Waals surface area contributed by atoms with Crippen molar-refractivity contribution in [3.8, 4) is 17.5 Å². The largest absolute Gasteiger partial charge is 0.493 e. The second-order valence-electron chi connectivity index (χ2n) is 4.88. The van der Waals surface area contributed by atoms with Crippen LogP contribution in [0.25, 0.3) is 0 Å². The number of aromatic nitrogens is 2. The highest BCUT2D eigenvalue weighted by molar-refractivity contribution is 6.01. The van der Waals surface area contributed by atoms with Crippen LogP contribution < -0.4 is 24.8 Å². The number of benzene rings is 1. The molecule has 0 fully saturated rings. The smallest absolute Gasteiger partial charge is 0.323 e. The number of urea groups is 1. The maximum absolute atomic E-state index is 12.3. The van der Waals surface area contributed by atoms with Crippen molar-refractivity contribution in [2.45, 2.75) is 13.8 Å². The van der Waals surface area contributed by atoms with Gasteiger partial charge in [0, 0.05) is 0 Å². The third kappa shape index (κ3) is 3.65.